The van der Waals surface area contributed by atoms with Crippen LogP contribution >= 0.6 is 0 Å². The molecule has 162 valence electrons. The Morgan fingerprint density at radius 1 is 1.09 bits per heavy atom. The van der Waals surface area contributed by atoms with Gasteiger partial charge in [0.25, 0.3) is 17.4 Å². The Hall–Kier alpha value is -4.34. The van der Waals surface area contributed by atoms with Crippen molar-refractivity contribution in [2.45, 2.75) is 13.0 Å². The molecule has 3 aromatic rings. The fourth-order valence-electron chi connectivity index (χ4n) is 3.53. The molecule has 1 atom stereocenters. The third-order valence-electron chi connectivity index (χ3n) is 4.99. The highest BCUT2D eigenvalue weighted by atomic mass is 19.2. The molecule has 2 heterocycles. The fraction of sp³-hybridized carbons (Fsp3) is 0.0909. The quantitative estimate of drug-likeness (QED) is 0.211. The Morgan fingerprint density at radius 3 is 2.47 bits per heavy atom. The van der Waals surface area contributed by atoms with Gasteiger partial charge in [-0.25, -0.2) is 8.78 Å². The van der Waals surface area contributed by atoms with Crippen molar-refractivity contribution in [2.75, 3.05) is 4.90 Å². The fourth-order valence-corrected chi connectivity index (χ4v) is 3.53. The van der Waals surface area contributed by atoms with E-state index >= 15 is 0 Å². The number of carbonyl (C=O) groups is 2. The largest absolute Gasteiger partial charge is 0.507 e. The lowest BCUT2D eigenvalue weighted by Crippen LogP contribution is -2.29. The molecular formula is C22H14F2N2O6. The number of halogens is 2. The van der Waals surface area contributed by atoms with E-state index in [4.69, 9.17) is 4.42 Å². The molecule has 1 unspecified atom stereocenters. The number of aliphatic hydroxyl groups excluding tert-OH is 1. The summed E-state index contributed by atoms with van der Waals surface area (Å²) in [5, 5.41) is 22.0. The molecule has 1 amide bonds. The molecule has 1 saturated heterocycles. The molecule has 2 aromatic carbocycles. The van der Waals surface area contributed by atoms with E-state index in [1.807, 2.05) is 0 Å². The van der Waals surface area contributed by atoms with Gasteiger partial charge in [-0.15, -0.1) is 0 Å². The van der Waals surface area contributed by atoms with Crippen LogP contribution < -0.4 is 4.90 Å². The van der Waals surface area contributed by atoms with Gasteiger partial charge in [-0.05, 0) is 31.2 Å². The number of rotatable bonds is 4. The molecule has 1 fully saturated rings. The van der Waals surface area contributed by atoms with Gasteiger partial charge in [0.15, 0.2) is 11.6 Å². The van der Waals surface area contributed by atoms with Crippen LogP contribution in [0.2, 0.25) is 0 Å². The predicted octanol–water partition coefficient (Wildman–Crippen LogP) is 4.40. The smallest absolute Gasteiger partial charge is 0.300 e. The number of benzene rings is 2. The predicted molar refractivity (Wildman–Crippen MR) is 108 cm³/mol. The number of hydrogen-bond donors (Lipinski definition) is 1. The highest BCUT2D eigenvalue weighted by Gasteiger charge is 2.48. The lowest BCUT2D eigenvalue weighted by Gasteiger charge is -2.23. The van der Waals surface area contributed by atoms with Gasteiger partial charge < -0.3 is 9.52 Å². The summed E-state index contributed by atoms with van der Waals surface area (Å²) >= 11 is 0. The van der Waals surface area contributed by atoms with Gasteiger partial charge in [0.05, 0.1) is 10.5 Å². The molecule has 32 heavy (non-hydrogen) atoms. The minimum atomic E-state index is -1.31. The lowest BCUT2D eigenvalue weighted by atomic mass is 9.99. The van der Waals surface area contributed by atoms with Crippen LogP contribution in [0.25, 0.3) is 5.76 Å². The van der Waals surface area contributed by atoms with Crippen LogP contribution in [-0.4, -0.2) is 21.7 Å². The SMILES string of the molecule is Cc1ccc(C2/C(=C(/O)c3cccc([N+](=O)[O-])c3)C(=O)C(=O)N2c2ccc(F)c(F)c2)o1. The molecule has 1 aliphatic rings. The zero-order chi connectivity index (χ0) is 23.2. The van der Waals surface area contributed by atoms with Crippen LogP contribution in [0.1, 0.15) is 23.1 Å². The summed E-state index contributed by atoms with van der Waals surface area (Å²) in [4.78, 5) is 37.1. The summed E-state index contributed by atoms with van der Waals surface area (Å²) in [6.07, 6.45) is 0. The molecule has 1 N–H and O–H groups in total. The van der Waals surface area contributed by atoms with Gasteiger partial charge >= 0.3 is 0 Å². The standard InChI is InChI=1S/C22H14F2N2O6/c1-11-5-8-17(32-11)19-18(20(27)12-3-2-4-14(9-12)26(30)31)21(28)22(29)25(19)13-6-7-15(23)16(24)10-13/h2-10,19,27H,1H3/b20-18-. The topological polar surface area (TPSA) is 114 Å². The monoisotopic (exact) mass is 440 g/mol. The molecule has 0 aliphatic carbocycles. The van der Waals surface area contributed by atoms with Crippen molar-refractivity contribution in [3.63, 3.8) is 0 Å². The number of aliphatic hydroxyl groups is 1. The summed E-state index contributed by atoms with van der Waals surface area (Å²) in [7, 11) is 0. The van der Waals surface area contributed by atoms with Gasteiger partial charge in [0.2, 0.25) is 0 Å². The zero-order valence-corrected chi connectivity index (χ0v) is 16.4. The van der Waals surface area contributed by atoms with Gasteiger partial charge in [0, 0.05) is 29.4 Å². The van der Waals surface area contributed by atoms with E-state index in [1.54, 1.807) is 13.0 Å². The second-order valence-electron chi connectivity index (χ2n) is 7.02. The third kappa shape index (κ3) is 3.41. The number of furan rings is 1. The highest BCUT2D eigenvalue weighted by molar-refractivity contribution is 6.51. The first-order chi connectivity index (χ1) is 15.2. The number of nitro benzene ring substituents is 1. The Kier molecular flexibility index (Phi) is 5.05. The average Bonchev–Trinajstić information content (AvgIpc) is 3.31. The molecule has 10 heteroatoms. The minimum absolute atomic E-state index is 0.0734. The number of nitrogens with zero attached hydrogens (tertiary/aromatic N) is 2. The van der Waals surface area contributed by atoms with Crippen molar-refractivity contribution in [3.8, 4) is 0 Å². The van der Waals surface area contributed by atoms with Gasteiger partial charge in [0.1, 0.15) is 23.3 Å². The Labute approximate surface area is 179 Å². The van der Waals surface area contributed by atoms with E-state index in [0.29, 0.717) is 5.76 Å². The molecule has 1 aliphatic heterocycles. The van der Waals surface area contributed by atoms with Gasteiger partial charge in [-0.3, -0.25) is 24.6 Å². The number of Topliss-reactive ketones (excluding diaryl/α,β-unsaturated/α-hetero) is 1. The second-order valence-corrected chi connectivity index (χ2v) is 7.02. The van der Waals surface area contributed by atoms with Crippen molar-refractivity contribution in [1.29, 1.82) is 0 Å². The molecule has 0 bridgehead atoms. The first-order valence-electron chi connectivity index (χ1n) is 9.26. The van der Waals surface area contributed by atoms with Gasteiger partial charge in [-0.2, -0.15) is 0 Å². The lowest BCUT2D eigenvalue weighted by molar-refractivity contribution is -0.384. The Bertz CT molecular complexity index is 1310. The number of ketones is 1. The van der Waals surface area contributed by atoms with Gasteiger partial charge in [-0.1, -0.05) is 12.1 Å². The van der Waals surface area contributed by atoms with Crippen molar-refractivity contribution >= 4 is 28.8 Å². The first kappa shape index (κ1) is 20.9. The first-order valence-corrected chi connectivity index (χ1v) is 9.26. The molecule has 0 radical (unpaired) electrons. The molecule has 8 nitrogen and oxygen atoms in total. The van der Waals surface area contributed by atoms with Crippen molar-refractivity contribution in [1.82, 2.24) is 0 Å². The van der Waals surface area contributed by atoms with Crippen LogP contribution in [0.4, 0.5) is 20.2 Å². The molecular weight excluding hydrogens is 426 g/mol. The average molecular weight is 440 g/mol. The normalized spacial score (nSPS) is 17.7. The van der Waals surface area contributed by atoms with Crippen molar-refractivity contribution in [2.24, 2.45) is 0 Å². The summed E-state index contributed by atoms with van der Waals surface area (Å²) in [5.74, 6) is -4.76. The molecule has 0 spiro atoms. The third-order valence-corrected chi connectivity index (χ3v) is 4.99. The molecule has 0 saturated carbocycles. The van der Waals surface area contributed by atoms with Crippen LogP contribution in [0.5, 0.6) is 0 Å². The van der Waals surface area contributed by atoms with E-state index in [9.17, 15) is 33.6 Å². The second kappa shape index (κ2) is 7.73. The van der Waals surface area contributed by atoms with Crippen molar-refractivity contribution < 1.29 is 32.8 Å². The van der Waals surface area contributed by atoms with E-state index < -0.39 is 45.6 Å². The number of amides is 1. The Balaban J connectivity index is 1.95. The number of hydrogen-bond acceptors (Lipinski definition) is 6. The number of carbonyl (C=O) groups excluding carboxylic acids is 2. The summed E-state index contributed by atoms with van der Waals surface area (Å²) in [6, 6.07) is 9.27. The van der Waals surface area contributed by atoms with E-state index in [0.717, 1.165) is 29.2 Å². The molecule has 1 aromatic heterocycles. The number of aryl methyl sites for hydroxylation is 1. The van der Waals surface area contributed by atoms with Crippen LogP contribution in [0, 0.1) is 28.7 Å². The summed E-state index contributed by atoms with van der Waals surface area (Å²) in [5.41, 5.74) is -0.956. The Morgan fingerprint density at radius 2 is 1.84 bits per heavy atom. The van der Waals surface area contributed by atoms with Crippen molar-refractivity contribution in [3.05, 3.63) is 99.0 Å². The summed E-state index contributed by atoms with van der Waals surface area (Å²) < 4.78 is 32.9. The summed E-state index contributed by atoms with van der Waals surface area (Å²) in [6.45, 7) is 1.62. The van der Waals surface area contributed by atoms with Crippen LogP contribution in [-0.2, 0) is 9.59 Å². The maximum absolute atomic E-state index is 13.9. The van der Waals surface area contributed by atoms with E-state index in [1.165, 1.54) is 24.3 Å². The van der Waals surface area contributed by atoms with E-state index in [-0.39, 0.29) is 22.7 Å². The molecule has 4 rings (SSSR count). The number of anilines is 1. The van der Waals surface area contributed by atoms with Crippen LogP contribution in [0.3, 0.4) is 0 Å². The number of non-ortho nitro benzene ring substituents is 1. The van der Waals surface area contributed by atoms with Crippen LogP contribution in [0.15, 0.2) is 64.6 Å². The maximum atomic E-state index is 13.9. The van der Waals surface area contributed by atoms with E-state index in [2.05, 4.69) is 0 Å². The zero-order valence-electron chi connectivity index (χ0n) is 16.4. The minimum Gasteiger partial charge on any atom is -0.507 e. The number of nitro groups is 1. The highest BCUT2D eigenvalue weighted by Crippen LogP contribution is 2.43. The maximum Gasteiger partial charge on any atom is 0.300 e.